The third-order valence-corrected chi connectivity index (χ3v) is 4.81. The van der Waals surface area contributed by atoms with Crippen LogP contribution in [0.3, 0.4) is 0 Å². The van der Waals surface area contributed by atoms with Gasteiger partial charge in [0.05, 0.1) is 6.54 Å². The number of imidazole rings is 1. The maximum Gasteiger partial charge on any atom is 0.314 e. The predicted molar refractivity (Wildman–Crippen MR) is 91.4 cm³/mol. The summed E-state index contributed by atoms with van der Waals surface area (Å²) in [5.41, 5.74) is -1.05. The summed E-state index contributed by atoms with van der Waals surface area (Å²) in [4.78, 5) is 16.9. The van der Waals surface area contributed by atoms with Gasteiger partial charge in [-0.2, -0.15) is 0 Å². The number of hydrogen-bond acceptors (Lipinski definition) is 4. The summed E-state index contributed by atoms with van der Waals surface area (Å²) in [5.74, 6) is 1.25. The van der Waals surface area contributed by atoms with E-state index in [1.54, 1.807) is 13.1 Å². The molecule has 0 aliphatic carbocycles. The largest absolute Gasteiger partial charge is 0.383 e. The average molecular weight is 336 g/mol. The van der Waals surface area contributed by atoms with E-state index in [1.807, 2.05) is 30.6 Å². The zero-order chi connectivity index (χ0) is 16.9. The molecule has 2 unspecified atom stereocenters. The van der Waals surface area contributed by atoms with Gasteiger partial charge in [0.15, 0.2) is 0 Å². The maximum atomic E-state index is 11.9. The van der Waals surface area contributed by atoms with Crippen molar-refractivity contribution >= 4 is 17.4 Å². The van der Waals surface area contributed by atoms with Crippen LogP contribution < -0.4 is 10.6 Å². The number of aromatic nitrogens is 2. The molecular formula is C16H24N4O2S. The fourth-order valence-electron chi connectivity index (χ4n) is 2.25. The molecule has 0 aromatic carbocycles. The van der Waals surface area contributed by atoms with E-state index in [9.17, 15) is 9.90 Å². The first-order valence-corrected chi connectivity index (χ1v) is 8.52. The van der Waals surface area contributed by atoms with Crippen molar-refractivity contribution < 1.29 is 9.90 Å². The Balaban J connectivity index is 1.72. The molecule has 0 aliphatic rings. The normalized spacial score (nSPS) is 15.0. The number of carbonyl (C=O) groups excluding carboxylic acids is 1. The van der Waals surface area contributed by atoms with Gasteiger partial charge in [-0.25, -0.2) is 9.78 Å². The van der Waals surface area contributed by atoms with Crippen LogP contribution in [0.2, 0.25) is 0 Å². The van der Waals surface area contributed by atoms with Gasteiger partial charge in [-0.3, -0.25) is 0 Å². The molecule has 0 radical (unpaired) electrons. The second-order valence-electron chi connectivity index (χ2n) is 6.05. The van der Waals surface area contributed by atoms with Crippen LogP contribution in [0, 0.1) is 12.8 Å². The minimum Gasteiger partial charge on any atom is -0.383 e. The van der Waals surface area contributed by atoms with Gasteiger partial charge in [0.1, 0.15) is 11.4 Å². The number of carbonyl (C=O) groups is 1. The standard InChI is InChI=1S/C16H24N4O2S/c1-12(10-20-7-6-17-13(20)2)9-18-15(21)19-11-16(3,22)14-5-4-8-23-14/h4-8,12,22H,9-11H2,1-3H3,(H2,18,19,21). The number of rotatable bonds is 7. The minimum atomic E-state index is -1.05. The summed E-state index contributed by atoms with van der Waals surface area (Å²) >= 11 is 1.47. The van der Waals surface area contributed by atoms with Crippen molar-refractivity contribution in [3.63, 3.8) is 0 Å². The Morgan fingerprint density at radius 1 is 1.52 bits per heavy atom. The van der Waals surface area contributed by atoms with Crippen LogP contribution in [0.15, 0.2) is 29.9 Å². The highest BCUT2D eigenvalue weighted by atomic mass is 32.1. The molecule has 2 rings (SSSR count). The van der Waals surface area contributed by atoms with Gasteiger partial charge in [-0.05, 0) is 31.2 Å². The van der Waals surface area contributed by atoms with E-state index in [-0.39, 0.29) is 18.5 Å². The molecule has 7 heteroatoms. The molecular weight excluding hydrogens is 312 g/mol. The third kappa shape index (κ3) is 5.07. The molecule has 2 aromatic rings. The second kappa shape index (κ2) is 7.61. The summed E-state index contributed by atoms with van der Waals surface area (Å²) in [6, 6.07) is 3.48. The predicted octanol–water partition coefficient (Wildman–Crippen LogP) is 2.10. The van der Waals surface area contributed by atoms with Gasteiger partial charge in [0.25, 0.3) is 0 Å². The van der Waals surface area contributed by atoms with E-state index >= 15 is 0 Å². The van der Waals surface area contributed by atoms with Gasteiger partial charge in [0.2, 0.25) is 0 Å². The lowest BCUT2D eigenvalue weighted by Gasteiger charge is -2.22. The summed E-state index contributed by atoms with van der Waals surface area (Å²) in [7, 11) is 0. The van der Waals surface area contributed by atoms with E-state index in [0.29, 0.717) is 6.54 Å². The first-order valence-electron chi connectivity index (χ1n) is 7.64. The number of amides is 2. The lowest BCUT2D eigenvalue weighted by atomic mass is 10.1. The highest BCUT2D eigenvalue weighted by Gasteiger charge is 2.24. The molecule has 2 atom stereocenters. The first kappa shape index (κ1) is 17.5. The van der Waals surface area contributed by atoms with Gasteiger partial charge < -0.3 is 20.3 Å². The number of aryl methyl sites for hydroxylation is 1. The molecule has 2 amide bonds. The van der Waals surface area contributed by atoms with E-state index in [4.69, 9.17) is 0 Å². The summed E-state index contributed by atoms with van der Waals surface area (Å²) in [5, 5.41) is 17.8. The number of nitrogens with zero attached hydrogens (tertiary/aromatic N) is 2. The number of aliphatic hydroxyl groups is 1. The summed E-state index contributed by atoms with van der Waals surface area (Å²) in [6.45, 7) is 7.27. The van der Waals surface area contributed by atoms with Crippen LogP contribution in [0.25, 0.3) is 0 Å². The Morgan fingerprint density at radius 3 is 2.91 bits per heavy atom. The SMILES string of the molecule is Cc1nccn1CC(C)CNC(=O)NCC(C)(O)c1cccs1. The Kier molecular flexibility index (Phi) is 5.79. The van der Waals surface area contributed by atoms with E-state index in [1.165, 1.54) is 11.3 Å². The topological polar surface area (TPSA) is 79.2 Å². The molecule has 2 aromatic heterocycles. The molecule has 0 saturated carbocycles. The smallest absolute Gasteiger partial charge is 0.314 e. The number of urea groups is 1. The van der Waals surface area contributed by atoms with Crippen molar-refractivity contribution in [2.45, 2.75) is 32.9 Å². The van der Waals surface area contributed by atoms with Crippen molar-refractivity contribution in [3.8, 4) is 0 Å². The Hall–Kier alpha value is -1.86. The van der Waals surface area contributed by atoms with Gasteiger partial charge in [0, 0.05) is 30.4 Å². The monoisotopic (exact) mass is 336 g/mol. The average Bonchev–Trinajstić information content (AvgIpc) is 3.16. The van der Waals surface area contributed by atoms with Crippen molar-refractivity contribution in [1.29, 1.82) is 0 Å². The molecule has 23 heavy (non-hydrogen) atoms. The van der Waals surface area contributed by atoms with Gasteiger partial charge in [-0.1, -0.05) is 13.0 Å². The number of nitrogens with one attached hydrogen (secondary N) is 2. The van der Waals surface area contributed by atoms with Gasteiger partial charge in [-0.15, -0.1) is 11.3 Å². The third-order valence-electron chi connectivity index (χ3n) is 3.69. The van der Waals surface area contributed by atoms with Crippen molar-refractivity contribution in [1.82, 2.24) is 20.2 Å². The van der Waals surface area contributed by atoms with Crippen molar-refractivity contribution in [2.24, 2.45) is 5.92 Å². The molecule has 0 aliphatic heterocycles. The van der Waals surface area contributed by atoms with E-state index in [0.717, 1.165) is 17.2 Å². The fraction of sp³-hybridized carbons (Fsp3) is 0.500. The van der Waals surface area contributed by atoms with Crippen LogP contribution in [-0.2, 0) is 12.1 Å². The highest BCUT2D eigenvalue weighted by molar-refractivity contribution is 7.10. The molecule has 0 saturated heterocycles. The Morgan fingerprint density at radius 2 is 2.30 bits per heavy atom. The van der Waals surface area contributed by atoms with Crippen LogP contribution in [0.4, 0.5) is 4.79 Å². The van der Waals surface area contributed by atoms with Crippen LogP contribution >= 0.6 is 11.3 Å². The van der Waals surface area contributed by atoms with E-state index in [2.05, 4.69) is 27.1 Å². The summed E-state index contributed by atoms with van der Waals surface area (Å²) in [6.07, 6.45) is 3.71. The lowest BCUT2D eigenvalue weighted by molar-refractivity contribution is 0.0631. The second-order valence-corrected chi connectivity index (χ2v) is 6.99. The minimum absolute atomic E-state index is 0.175. The molecule has 3 N–H and O–H groups in total. The first-order chi connectivity index (χ1) is 10.9. The maximum absolute atomic E-state index is 11.9. The Labute approximate surface area is 140 Å². The van der Waals surface area contributed by atoms with Crippen LogP contribution in [-0.4, -0.2) is 33.8 Å². The molecule has 0 spiro atoms. The van der Waals surface area contributed by atoms with Crippen LogP contribution in [0.5, 0.6) is 0 Å². The van der Waals surface area contributed by atoms with E-state index < -0.39 is 5.60 Å². The number of hydrogen-bond donors (Lipinski definition) is 3. The zero-order valence-electron chi connectivity index (χ0n) is 13.7. The van der Waals surface area contributed by atoms with Crippen molar-refractivity contribution in [2.75, 3.05) is 13.1 Å². The van der Waals surface area contributed by atoms with Gasteiger partial charge >= 0.3 is 6.03 Å². The molecule has 2 heterocycles. The summed E-state index contributed by atoms with van der Waals surface area (Å²) < 4.78 is 2.06. The number of thiophene rings is 1. The zero-order valence-corrected chi connectivity index (χ0v) is 14.6. The lowest BCUT2D eigenvalue weighted by Crippen LogP contribution is -2.44. The fourth-order valence-corrected chi connectivity index (χ4v) is 3.04. The molecule has 0 bridgehead atoms. The quantitative estimate of drug-likeness (QED) is 0.724. The molecule has 0 fully saturated rings. The Bertz CT molecular complexity index is 622. The van der Waals surface area contributed by atoms with Crippen LogP contribution in [0.1, 0.15) is 24.5 Å². The van der Waals surface area contributed by atoms with Crippen molar-refractivity contribution in [3.05, 3.63) is 40.6 Å². The highest BCUT2D eigenvalue weighted by Crippen LogP contribution is 2.24. The molecule has 6 nitrogen and oxygen atoms in total. The molecule has 126 valence electrons.